The standard InChI is InChI=1S/C11H14N2O5/c1-11(9(15)17-4)5-6-7(14)12(2)10(16)13(3)8(6)18-11/h5H2,1-4H3. The van der Waals surface area contributed by atoms with Crippen LogP contribution >= 0.6 is 0 Å². The molecular weight excluding hydrogens is 240 g/mol. The minimum absolute atomic E-state index is 0.0931. The number of ether oxygens (including phenoxy) is 2. The molecule has 18 heavy (non-hydrogen) atoms. The van der Waals surface area contributed by atoms with Gasteiger partial charge in [0.2, 0.25) is 11.5 Å². The fourth-order valence-corrected chi connectivity index (χ4v) is 2.09. The molecule has 1 aliphatic rings. The lowest BCUT2D eigenvalue weighted by Crippen LogP contribution is -2.41. The van der Waals surface area contributed by atoms with Gasteiger partial charge in [-0.3, -0.25) is 13.9 Å². The van der Waals surface area contributed by atoms with Crippen LogP contribution in [0.15, 0.2) is 9.59 Å². The van der Waals surface area contributed by atoms with Crippen molar-refractivity contribution in [3.05, 3.63) is 26.4 Å². The second-order valence-corrected chi connectivity index (χ2v) is 4.49. The van der Waals surface area contributed by atoms with Gasteiger partial charge in [-0.1, -0.05) is 0 Å². The zero-order chi connectivity index (χ0) is 13.7. The molecule has 0 aromatic carbocycles. The predicted molar refractivity (Wildman–Crippen MR) is 61.7 cm³/mol. The van der Waals surface area contributed by atoms with E-state index in [1.54, 1.807) is 0 Å². The van der Waals surface area contributed by atoms with Crippen LogP contribution in [0, 0.1) is 0 Å². The van der Waals surface area contributed by atoms with E-state index in [0.29, 0.717) is 5.56 Å². The third kappa shape index (κ3) is 1.47. The molecule has 0 radical (unpaired) electrons. The zero-order valence-corrected chi connectivity index (χ0v) is 10.6. The van der Waals surface area contributed by atoms with Gasteiger partial charge < -0.3 is 9.47 Å². The van der Waals surface area contributed by atoms with Crippen LogP contribution in [0.1, 0.15) is 12.5 Å². The van der Waals surface area contributed by atoms with Gasteiger partial charge in [-0.2, -0.15) is 0 Å². The lowest BCUT2D eigenvalue weighted by Gasteiger charge is -2.20. The molecule has 0 amide bonds. The summed E-state index contributed by atoms with van der Waals surface area (Å²) in [5, 5.41) is 0. The maximum absolute atomic E-state index is 11.9. The third-order valence-electron chi connectivity index (χ3n) is 3.15. The average Bonchev–Trinajstić information content (AvgIpc) is 2.72. The van der Waals surface area contributed by atoms with Gasteiger partial charge in [-0.05, 0) is 6.92 Å². The summed E-state index contributed by atoms with van der Waals surface area (Å²) in [5.74, 6) is -0.441. The number of aromatic nitrogens is 2. The van der Waals surface area contributed by atoms with Crippen molar-refractivity contribution >= 4 is 5.97 Å². The van der Waals surface area contributed by atoms with Crippen molar-refractivity contribution < 1.29 is 14.3 Å². The highest BCUT2D eigenvalue weighted by Crippen LogP contribution is 2.32. The van der Waals surface area contributed by atoms with Crippen LogP contribution < -0.4 is 16.0 Å². The Kier molecular flexibility index (Phi) is 2.57. The SMILES string of the molecule is COC(=O)C1(C)Cc2c(n(C)c(=O)n(C)c2=O)O1. The fraction of sp³-hybridized carbons (Fsp3) is 0.545. The summed E-state index contributed by atoms with van der Waals surface area (Å²) in [7, 11) is 4.12. The number of fused-ring (bicyclic) bond motifs is 1. The molecule has 1 atom stereocenters. The van der Waals surface area contributed by atoms with Gasteiger partial charge >= 0.3 is 11.7 Å². The first-order valence-corrected chi connectivity index (χ1v) is 5.38. The predicted octanol–water partition coefficient (Wildman–Crippen LogP) is -1.05. The van der Waals surface area contributed by atoms with Crippen molar-refractivity contribution in [2.75, 3.05) is 7.11 Å². The molecule has 7 heteroatoms. The summed E-state index contributed by atoms with van der Waals surface area (Å²) in [6, 6.07) is 0. The number of hydrogen-bond acceptors (Lipinski definition) is 5. The molecule has 0 N–H and O–H groups in total. The minimum Gasteiger partial charge on any atom is -0.466 e. The number of carbonyl (C=O) groups excluding carboxylic acids is 1. The highest BCUT2D eigenvalue weighted by Gasteiger charge is 2.46. The molecule has 0 spiro atoms. The number of nitrogens with zero attached hydrogens (tertiary/aromatic N) is 2. The molecule has 98 valence electrons. The quantitative estimate of drug-likeness (QED) is 0.597. The van der Waals surface area contributed by atoms with Crippen molar-refractivity contribution in [3.8, 4) is 5.88 Å². The second kappa shape index (κ2) is 3.72. The Balaban J connectivity index is 2.65. The number of methoxy groups -OCH3 is 1. The fourth-order valence-electron chi connectivity index (χ4n) is 2.09. The van der Waals surface area contributed by atoms with Crippen LogP contribution in [0.5, 0.6) is 5.88 Å². The molecule has 1 unspecified atom stereocenters. The maximum Gasteiger partial charge on any atom is 0.350 e. The van der Waals surface area contributed by atoms with Crippen LogP contribution in [0.2, 0.25) is 0 Å². The van der Waals surface area contributed by atoms with Gasteiger partial charge in [0.25, 0.3) is 5.56 Å². The highest BCUT2D eigenvalue weighted by molar-refractivity contribution is 5.81. The minimum atomic E-state index is -1.26. The lowest BCUT2D eigenvalue weighted by molar-refractivity contribution is -0.156. The number of esters is 1. The van der Waals surface area contributed by atoms with E-state index in [9.17, 15) is 14.4 Å². The van der Waals surface area contributed by atoms with E-state index in [2.05, 4.69) is 4.74 Å². The number of carbonyl (C=O) groups is 1. The van der Waals surface area contributed by atoms with E-state index in [-0.39, 0.29) is 12.3 Å². The molecule has 0 bridgehead atoms. The molecule has 0 saturated carbocycles. The molecule has 2 heterocycles. The molecule has 0 fully saturated rings. The molecule has 0 saturated heterocycles. The molecule has 0 aliphatic carbocycles. The summed E-state index contributed by atoms with van der Waals surface area (Å²) in [6.45, 7) is 1.53. The van der Waals surface area contributed by atoms with Crippen LogP contribution in [0.4, 0.5) is 0 Å². The van der Waals surface area contributed by atoms with Crippen molar-refractivity contribution in [3.63, 3.8) is 0 Å². The Morgan fingerprint density at radius 3 is 2.50 bits per heavy atom. The maximum atomic E-state index is 11.9. The van der Waals surface area contributed by atoms with E-state index >= 15 is 0 Å². The van der Waals surface area contributed by atoms with Gasteiger partial charge in [-0.25, -0.2) is 9.59 Å². The summed E-state index contributed by atoms with van der Waals surface area (Å²) < 4.78 is 12.3. The van der Waals surface area contributed by atoms with Gasteiger partial charge in [-0.15, -0.1) is 0 Å². The smallest absolute Gasteiger partial charge is 0.350 e. The Labute approximate surface area is 103 Å². The molecule has 1 aliphatic heterocycles. The average molecular weight is 254 g/mol. The number of rotatable bonds is 1. The van der Waals surface area contributed by atoms with Crippen LogP contribution in [-0.2, 0) is 30.0 Å². The topological polar surface area (TPSA) is 79.5 Å². The Morgan fingerprint density at radius 2 is 1.94 bits per heavy atom. The first kappa shape index (κ1) is 12.4. The first-order chi connectivity index (χ1) is 8.31. The van der Waals surface area contributed by atoms with E-state index in [4.69, 9.17) is 4.74 Å². The summed E-state index contributed by atoms with van der Waals surface area (Å²) in [4.78, 5) is 35.3. The van der Waals surface area contributed by atoms with Crippen molar-refractivity contribution in [1.82, 2.24) is 9.13 Å². The lowest BCUT2D eigenvalue weighted by atomic mass is 10.0. The zero-order valence-electron chi connectivity index (χ0n) is 10.6. The normalized spacial score (nSPS) is 21.3. The van der Waals surface area contributed by atoms with E-state index in [0.717, 1.165) is 4.57 Å². The first-order valence-electron chi connectivity index (χ1n) is 5.38. The Bertz CT molecular complexity index is 642. The summed E-state index contributed by atoms with van der Waals surface area (Å²) in [5.41, 5.74) is -1.88. The largest absolute Gasteiger partial charge is 0.466 e. The van der Waals surface area contributed by atoms with Crippen molar-refractivity contribution in [2.24, 2.45) is 14.1 Å². The van der Waals surface area contributed by atoms with Crippen LogP contribution in [0.25, 0.3) is 0 Å². The Morgan fingerprint density at radius 1 is 1.33 bits per heavy atom. The van der Waals surface area contributed by atoms with E-state index in [1.165, 1.54) is 32.7 Å². The van der Waals surface area contributed by atoms with Gasteiger partial charge in [0.15, 0.2) is 0 Å². The molecule has 1 aromatic rings. The van der Waals surface area contributed by atoms with Gasteiger partial charge in [0.05, 0.1) is 12.7 Å². The molecule has 7 nitrogen and oxygen atoms in total. The highest BCUT2D eigenvalue weighted by atomic mass is 16.6. The van der Waals surface area contributed by atoms with Gasteiger partial charge in [0, 0.05) is 20.5 Å². The molecule has 1 aromatic heterocycles. The van der Waals surface area contributed by atoms with E-state index in [1.807, 2.05) is 0 Å². The Hall–Kier alpha value is -2.05. The summed E-state index contributed by atoms with van der Waals surface area (Å²) >= 11 is 0. The van der Waals surface area contributed by atoms with Crippen LogP contribution in [0.3, 0.4) is 0 Å². The molecular formula is C11H14N2O5. The van der Waals surface area contributed by atoms with E-state index < -0.39 is 22.8 Å². The summed E-state index contributed by atoms with van der Waals surface area (Å²) in [6.07, 6.45) is 0.0931. The van der Waals surface area contributed by atoms with Crippen molar-refractivity contribution in [2.45, 2.75) is 18.9 Å². The second-order valence-electron chi connectivity index (χ2n) is 4.49. The van der Waals surface area contributed by atoms with Crippen LogP contribution in [-0.4, -0.2) is 27.8 Å². The van der Waals surface area contributed by atoms with Gasteiger partial charge in [0.1, 0.15) is 0 Å². The monoisotopic (exact) mass is 254 g/mol. The third-order valence-corrected chi connectivity index (χ3v) is 3.15. The number of hydrogen-bond donors (Lipinski definition) is 0. The van der Waals surface area contributed by atoms with Crippen molar-refractivity contribution in [1.29, 1.82) is 0 Å². The molecule has 2 rings (SSSR count).